The molecular formula is C21H18F2N4O2S. The predicted octanol–water partition coefficient (Wildman–Crippen LogP) is 3.52. The lowest BCUT2D eigenvalue weighted by molar-refractivity contribution is -0.122. The minimum Gasteiger partial charge on any atom is -0.294 e. The number of Topliss-reactive ketones (excluding diaryl/α,β-unsaturated/α-hetero) is 1. The summed E-state index contributed by atoms with van der Waals surface area (Å²) in [7, 11) is 0. The van der Waals surface area contributed by atoms with Crippen molar-refractivity contribution < 1.29 is 18.4 Å². The number of hydrogen-bond donors (Lipinski definition) is 1. The SMILES string of the molecule is Cc1ccc(C(=O)CSC2=NNC3C(=O)N(c4ccc(F)c(F)c4)C=CN23)c(C)c1. The number of hydrazone groups is 1. The molecule has 0 aliphatic carbocycles. The molecule has 4 rings (SSSR count). The fraction of sp³-hybridized carbons (Fsp3) is 0.190. The molecule has 1 amide bonds. The van der Waals surface area contributed by atoms with Crippen molar-refractivity contribution in [1.82, 2.24) is 10.3 Å². The zero-order valence-electron chi connectivity index (χ0n) is 16.2. The minimum absolute atomic E-state index is 0.0284. The van der Waals surface area contributed by atoms with Gasteiger partial charge in [-0.15, -0.1) is 0 Å². The third-order valence-electron chi connectivity index (χ3n) is 4.83. The number of carbonyl (C=O) groups excluding carboxylic acids is 2. The maximum atomic E-state index is 13.5. The van der Waals surface area contributed by atoms with Crippen LogP contribution in [0.5, 0.6) is 0 Å². The second kappa shape index (κ2) is 7.91. The largest absolute Gasteiger partial charge is 0.294 e. The quantitative estimate of drug-likeness (QED) is 0.755. The second-order valence-corrected chi connectivity index (χ2v) is 7.91. The normalized spacial score (nSPS) is 17.7. The van der Waals surface area contributed by atoms with E-state index in [9.17, 15) is 18.4 Å². The Bertz CT molecular complexity index is 1100. The Morgan fingerprint density at radius 1 is 1.13 bits per heavy atom. The van der Waals surface area contributed by atoms with E-state index in [2.05, 4.69) is 10.5 Å². The summed E-state index contributed by atoms with van der Waals surface area (Å²) in [6.07, 6.45) is 2.25. The number of nitrogens with zero attached hydrogens (tertiary/aromatic N) is 3. The molecule has 0 fully saturated rings. The second-order valence-electron chi connectivity index (χ2n) is 6.97. The number of nitrogens with one attached hydrogen (secondary N) is 1. The molecule has 0 aromatic heterocycles. The third-order valence-corrected chi connectivity index (χ3v) is 5.79. The number of anilines is 1. The van der Waals surface area contributed by atoms with Crippen molar-refractivity contribution in [3.8, 4) is 0 Å². The van der Waals surface area contributed by atoms with Gasteiger partial charge in [-0.25, -0.2) is 8.78 Å². The Labute approximate surface area is 176 Å². The topological polar surface area (TPSA) is 65.0 Å². The maximum absolute atomic E-state index is 13.5. The first-order chi connectivity index (χ1) is 14.3. The van der Waals surface area contributed by atoms with Crippen LogP contribution in [-0.4, -0.2) is 33.7 Å². The molecule has 30 heavy (non-hydrogen) atoms. The van der Waals surface area contributed by atoms with Gasteiger partial charge in [0.2, 0.25) is 6.17 Å². The Balaban J connectivity index is 1.45. The van der Waals surface area contributed by atoms with E-state index in [1.165, 1.54) is 28.9 Å². The van der Waals surface area contributed by atoms with Gasteiger partial charge in [-0.2, -0.15) is 5.10 Å². The summed E-state index contributed by atoms with van der Waals surface area (Å²) in [5.74, 6) is -2.28. The number of hydrogen-bond acceptors (Lipinski definition) is 6. The predicted molar refractivity (Wildman–Crippen MR) is 112 cm³/mol. The highest BCUT2D eigenvalue weighted by atomic mass is 32.2. The van der Waals surface area contributed by atoms with Gasteiger partial charge in [0.25, 0.3) is 5.91 Å². The summed E-state index contributed by atoms with van der Waals surface area (Å²) in [6.45, 7) is 3.87. The zero-order chi connectivity index (χ0) is 21.4. The number of carbonyl (C=O) groups is 2. The van der Waals surface area contributed by atoms with Crippen molar-refractivity contribution in [2.75, 3.05) is 10.7 Å². The summed E-state index contributed by atoms with van der Waals surface area (Å²) < 4.78 is 26.7. The summed E-state index contributed by atoms with van der Waals surface area (Å²) in [5.41, 5.74) is 5.61. The molecule has 1 unspecified atom stereocenters. The molecule has 2 aliphatic heterocycles. The van der Waals surface area contributed by atoms with E-state index in [4.69, 9.17) is 0 Å². The van der Waals surface area contributed by atoms with Crippen LogP contribution in [0.2, 0.25) is 0 Å². The van der Waals surface area contributed by atoms with E-state index in [1.54, 1.807) is 11.1 Å². The van der Waals surface area contributed by atoms with Crippen LogP contribution >= 0.6 is 11.8 Å². The van der Waals surface area contributed by atoms with Crippen LogP contribution in [0, 0.1) is 25.5 Å². The monoisotopic (exact) mass is 428 g/mol. The summed E-state index contributed by atoms with van der Waals surface area (Å²) >= 11 is 1.22. The summed E-state index contributed by atoms with van der Waals surface area (Å²) in [4.78, 5) is 28.2. The first kappa shape index (κ1) is 20.1. The number of thioether (sulfide) groups is 1. The van der Waals surface area contributed by atoms with E-state index >= 15 is 0 Å². The van der Waals surface area contributed by atoms with Crippen molar-refractivity contribution in [3.63, 3.8) is 0 Å². The first-order valence-corrected chi connectivity index (χ1v) is 10.1. The molecule has 0 radical (unpaired) electrons. The van der Waals surface area contributed by atoms with Crippen LogP contribution in [-0.2, 0) is 4.79 Å². The fourth-order valence-corrected chi connectivity index (χ4v) is 4.15. The van der Waals surface area contributed by atoms with E-state index < -0.39 is 23.7 Å². The standard InChI is InChI=1S/C21H18F2N4O2S/c1-12-3-5-15(13(2)9-12)18(28)11-30-21-25-24-19-20(29)26(7-8-27(19)21)14-4-6-16(22)17(23)10-14/h3-10,19,24H,11H2,1-2H3. The maximum Gasteiger partial charge on any atom is 0.276 e. The van der Waals surface area contributed by atoms with Gasteiger partial charge in [-0.1, -0.05) is 35.5 Å². The zero-order valence-corrected chi connectivity index (χ0v) is 17.0. The molecule has 2 aromatic carbocycles. The number of ketones is 1. The molecule has 2 heterocycles. The Hall–Kier alpha value is -3.20. The van der Waals surface area contributed by atoms with Gasteiger partial charge in [0.1, 0.15) is 0 Å². The van der Waals surface area contributed by atoms with Gasteiger partial charge in [-0.3, -0.25) is 24.8 Å². The van der Waals surface area contributed by atoms with Crippen LogP contribution in [0.1, 0.15) is 21.5 Å². The molecule has 0 bridgehead atoms. The smallest absolute Gasteiger partial charge is 0.276 e. The van der Waals surface area contributed by atoms with Gasteiger partial charge in [0, 0.05) is 24.0 Å². The van der Waals surface area contributed by atoms with Gasteiger partial charge in [0.15, 0.2) is 22.6 Å². The number of rotatable bonds is 4. The van der Waals surface area contributed by atoms with Gasteiger partial charge in [-0.05, 0) is 31.5 Å². The molecule has 2 aromatic rings. The minimum atomic E-state index is -1.03. The van der Waals surface area contributed by atoms with Crippen LogP contribution < -0.4 is 10.3 Å². The lowest BCUT2D eigenvalue weighted by Gasteiger charge is -2.31. The lowest BCUT2D eigenvalue weighted by atomic mass is 10.0. The first-order valence-electron chi connectivity index (χ1n) is 9.16. The van der Waals surface area contributed by atoms with Crippen molar-refractivity contribution >= 4 is 34.3 Å². The van der Waals surface area contributed by atoms with Crippen molar-refractivity contribution in [3.05, 3.63) is 77.1 Å². The summed E-state index contributed by atoms with van der Waals surface area (Å²) in [5, 5.41) is 4.64. The van der Waals surface area contributed by atoms with Crippen molar-refractivity contribution in [1.29, 1.82) is 0 Å². The number of benzene rings is 2. The summed E-state index contributed by atoms with van der Waals surface area (Å²) in [6, 6.07) is 8.92. The van der Waals surface area contributed by atoms with Crippen molar-refractivity contribution in [2.24, 2.45) is 5.10 Å². The number of halogens is 2. The molecule has 9 heteroatoms. The number of fused-ring (bicyclic) bond motifs is 1. The van der Waals surface area contributed by atoms with Gasteiger partial charge < -0.3 is 0 Å². The molecule has 2 aliphatic rings. The average molecular weight is 428 g/mol. The lowest BCUT2D eigenvalue weighted by Crippen LogP contribution is -2.52. The molecule has 0 saturated heterocycles. The highest BCUT2D eigenvalue weighted by Gasteiger charge is 2.38. The van der Waals surface area contributed by atoms with Gasteiger partial charge >= 0.3 is 0 Å². The van der Waals surface area contributed by atoms with Gasteiger partial charge in [0.05, 0.1) is 11.4 Å². The fourth-order valence-electron chi connectivity index (χ4n) is 3.30. The average Bonchev–Trinajstić information content (AvgIpc) is 3.12. The molecule has 0 spiro atoms. The Morgan fingerprint density at radius 3 is 2.67 bits per heavy atom. The van der Waals surface area contributed by atoms with E-state index in [1.807, 2.05) is 32.0 Å². The van der Waals surface area contributed by atoms with E-state index in [0.29, 0.717) is 10.7 Å². The molecule has 1 atom stereocenters. The Kier molecular flexibility index (Phi) is 5.29. The van der Waals surface area contributed by atoms with Crippen LogP contribution in [0.3, 0.4) is 0 Å². The number of amidine groups is 1. The highest BCUT2D eigenvalue weighted by Crippen LogP contribution is 2.27. The van der Waals surface area contributed by atoms with Crippen LogP contribution in [0.4, 0.5) is 14.5 Å². The molecule has 0 saturated carbocycles. The van der Waals surface area contributed by atoms with Crippen LogP contribution in [0.15, 0.2) is 53.9 Å². The number of amides is 1. The molecule has 6 nitrogen and oxygen atoms in total. The van der Waals surface area contributed by atoms with E-state index in [-0.39, 0.29) is 17.2 Å². The number of aryl methyl sites for hydroxylation is 2. The molecule has 154 valence electrons. The molecular weight excluding hydrogens is 410 g/mol. The van der Waals surface area contributed by atoms with Crippen molar-refractivity contribution in [2.45, 2.75) is 20.0 Å². The van der Waals surface area contributed by atoms with E-state index in [0.717, 1.165) is 23.3 Å². The molecule has 1 N–H and O–H groups in total. The Morgan fingerprint density at radius 2 is 1.93 bits per heavy atom. The van der Waals surface area contributed by atoms with Crippen LogP contribution in [0.25, 0.3) is 0 Å². The third kappa shape index (κ3) is 3.68. The highest BCUT2D eigenvalue weighted by molar-refractivity contribution is 8.14.